The van der Waals surface area contributed by atoms with Crippen LogP contribution in [-0.2, 0) is 0 Å². The maximum absolute atomic E-state index is 11.3. The molecule has 0 spiro atoms. The first-order chi connectivity index (χ1) is 9.19. The van der Waals surface area contributed by atoms with E-state index in [9.17, 15) is 4.79 Å². The molecular formula is C14H15N3O2. The van der Waals surface area contributed by atoms with Crippen molar-refractivity contribution in [2.24, 2.45) is 0 Å². The van der Waals surface area contributed by atoms with Crippen molar-refractivity contribution in [2.75, 3.05) is 7.05 Å². The molecule has 0 aliphatic heterocycles. The molecule has 3 rings (SSSR count). The topological polar surface area (TPSA) is 73.8 Å². The summed E-state index contributed by atoms with van der Waals surface area (Å²) in [4.78, 5) is 16.8. The van der Waals surface area contributed by atoms with Gasteiger partial charge in [0.1, 0.15) is 5.76 Å². The monoisotopic (exact) mass is 257 g/mol. The summed E-state index contributed by atoms with van der Waals surface area (Å²) in [6.07, 6.45) is 1.69. The molecule has 98 valence electrons. The number of benzene rings is 1. The van der Waals surface area contributed by atoms with Gasteiger partial charge in [0, 0.05) is 5.56 Å². The molecule has 1 aromatic carbocycles. The van der Waals surface area contributed by atoms with E-state index in [1.54, 1.807) is 6.26 Å². The third-order valence-corrected chi connectivity index (χ3v) is 3.37. The van der Waals surface area contributed by atoms with Crippen LogP contribution in [0, 0.1) is 6.92 Å². The van der Waals surface area contributed by atoms with Gasteiger partial charge in [-0.05, 0) is 37.7 Å². The Kier molecular flexibility index (Phi) is 2.76. The Labute approximate surface area is 109 Å². The minimum absolute atomic E-state index is 0.0431. The summed E-state index contributed by atoms with van der Waals surface area (Å²) in [6.45, 7) is 1.94. The molecule has 0 fully saturated rings. The molecule has 0 aliphatic carbocycles. The van der Waals surface area contributed by atoms with Gasteiger partial charge >= 0.3 is 5.69 Å². The van der Waals surface area contributed by atoms with Crippen molar-refractivity contribution in [1.82, 2.24) is 15.3 Å². The van der Waals surface area contributed by atoms with Crippen LogP contribution >= 0.6 is 0 Å². The van der Waals surface area contributed by atoms with Crippen LogP contribution in [0.1, 0.15) is 22.9 Å². The normalized spacial score (nSPS) is 12.9. The summed E-state index contributed by atoms with van der Waals surface area (Å²) in [6, 6.07) is 7.88. The average Bonchev–Trinajstić information content (AvgIpc) is 2.95. The molecule has 0 bridgehead atoms. The van der Waals surface area contributed by atoms with E-state index in [0.717, 1.165) is 27.9 Å². The van der Waals surface area contributed by atoms with E-state index in [1.807, 2.05) is 38.2 Å². The minimum Gasteiger partial charge on any atom is -0.469 e. The summed E-state index contributed by atoms with van der Waals surface area (Å²) in [7, 11) is 1.90. The Hall–Kier alpha value is -2.27. The molecule has 2 heterocycles. The highest BCUT2D eigenvalue weighted by Crippen LogP contribution is 2.26. The zero-order valence-corrected chi connectivity index (χ0v) is 10.8. The van der Waals surface area contributed by atoms with Gasteiger partial charge in [-0.2, -0.15) is 0 Å². The van der Waals surface area contributed by atoms with Crippen molar-refractivity contribution in [2.45, 2.75) is 13.0 Å². The van der Waals surface area contributed by atoms with Gasteiger partial charge < -0.3 is 19.7 Å². The molecule has 0 radical (unpaired) electrons. The van der Waals surface area contributed by atoms with Crippen LogP contribution in [0.5, 0.6) is 0 Å². The van der Waals surface area contributed by atoms with Crippen LogP contribution < -0.4 is 11.0 Å². The van der Waals surface area contributed by atoms with Gasteiger partial charge in [0.15, 0.2) is 0 Å². The fraction of sp³-hybridized carbons (Fsp3) is 0.214. The standard InChI is InChI=1S/C14H15N3O2/c1-8-10(5-6-19-8)13(15-2)9-3-4-11-12(7-9)17-14(18)16-11/h3-7,13,15H,1-2H3,(H2,16,17,18). The number of aromatic nitrogens is 2. The largest absolute Gasteiger partial charge is 0.469 e. The Balaban J connectivity index is 2.11. The highest BCUT2D eigenvalue weighted by Gasteiger charge is 2.16. The fourth-order valence-corrected chi connectivity index (χ4v) is 2.43. The van der Waals surface area contributed by atoms with Gasteiger partial charge in [0.05, 0.1) is 23.3 Å². The SMILES string of the molecule is CNC(c1ccc2[nH]c(=O)[nH]c2c1)c1ccoc1C. The van der Waals surface area contributed by atoms with E-state index in [2.05, 4.69) is 15.3 Å². The van der Waals surface area contributed by atoms with E-state index in [1.165, 1.54) is 0 Å². The number of furan rings is 1. The fourth-order valence-electron chi connectivity index (χ4n) is 2.43. The van der Waals surface area contributed by atoms with E-state index in [0.29, 0.717) is 0 Å². The summed E-state index contributed by atoms with van der Waals surface area (Å²) >= 11 is 0. The van der Waals surface area contributed by atoms with Crippen LogP contribution in [-0.4, -0.2) is 17.0 Å². The smallest absolute Gasteiger partial charge is 0.323 e. The van der Waals surface area contributed by atoms with Crippen molar-refractivity contribution in [3.8, 4) is 0 Å². The number of aromatic amines is 2. The van der Waals surface area contributed by atoms with E-state index in [4.69, 9.17) is 4.42 Å². The Morgan fingerprint density at radius 3 is 2.68 bits per heavy atom. The quantitative estimate of drug-likeness (QED) is 0.672. The zero-order valence-electron chi connectivity index (χ0n) is 10.8. The second-order valence-electron chi connectivity index (χ2n) is 4.54. The van der Waals surface area contributed by atoms with Crippen LogP contribution in [0.2, 0.25) is 0 Å². The molecule has 3 N–H and O–H groups in total. The maximum Gasteiger partial charge on any atom is 0.323 e. The summed E-state index contributed by atoms with van der Waals surface area (Å²) in [5.74, 6) is 0.891. The third kappa shape index (κ3) is 1.98. The van der Waals surface area contributed by atoms with Crippen molar-refractivity contribution in [1.29, 1.82) is 0 Å². The number of hydrogen-bond donors (Lipinski definition) is 3. The number of rotatable bonds is 3. The molecule has 5 nitrogen and oxygen atoms in total. The number of fused-ring (bicyclic) bond motifs is 1. The van der Waals surface area contributed by atoms with Crippen LogP contribution in [0.3, 0.4) is 0 Å². The van der Waals surface area contributed by atoms with Gasteiger partial charge in [-0.15, -0.1) is 0 Å². The van der Waals surface area contributed by atoms with Crippen molar-refractivity contribution in [3.63, 3.8) is 0 Å². The summed E-state index contributed by atoms with van der Waals surface area (Å²) in [5, 5.41) is 3.27. The van der Waals surface area contributed by atoms with Gasteiger partial charge in [0.2, 0.25) is 0 Å². The molecule has 0 saturated carbocycles. The predicted octanol–water partition coefficient (Wildman–Crippen LogP) is 2.07. The van der Waals surface area contributed by atoms with E-state index in [-0.39, 0.29) is 11.7 Å². The molecule has 1 unspecified atom stereocenters. The molecule has 19 heavy (non-hydrogen) atoms. The Bertz CT molecular complexity index is 766. The second-order valence-corrected chi connectivity index (χ2v) is 4.54. The average molecular weight is 257 g/mol. The van der Waals surface area contributed by atoms with Crippen molar-refractivity contribution < 1.29 is 4.42 Å². The zero-order chi connectivity index (χ0) is 13.4. The molecule has 1 atom stereocenters. The van der Waals surface area contributed by atoms with Gasteiger partial charge in [-0.25, -0.2) is 4.79 Å². The number of nitrogens with one attached hydrogen (secondary N) is 3. The number of aryl methyl sites for hydroxylation is 1. The molecule has 5 heteroatoms. The van der Waals surface area contributed by atoms with Crippen molar-refractivity contribution >= 4 is 11.0 Å². The third-order valence-electron chi connectivity index (χ3n) is 3.37. The Morgan fingerprint density at radius 1 is 1.21 bits per heavy atom. The molecule has 0 amide bonds. The maximum atomic E-state index is 11.3. The van der Waals surface area contributed by atoms with Crippen LogP contribution in [0.4, 0.5) is 0 Å². The lowest BCUT2D eigenvalue weighted by Gasteiger charge is -2.16. The second kappa shape index (κ2) is 4.44. The van der Waals surface area contributed by atoms with Gasteiger partial charge in [-0.3, -0.25) is 0 Å². The molecule has 2 aromatic heterocycles. The first-order valence-corrected chi connectivity index (χ1v) is 6.12. The minimum atomic E-state index is -0.187. The lowest BCUT2D eigenvalue weighted by atomic mass is 9.99. The number of H-pyrrole nitrogens is 2. The molecule has 0 aliphatic rings. The number of imidazole rings is 1. The highest BCUT2D eigenvalue weighted by atomic mass is 16.3. The lowest BCUT2D eigenvalue weighted by molar-refractivity contribution is 0.523. The summed E-state index contributed by atoms with van der Waals surface area (Å²) in [5.41, 5.74) is 3.61. The van der Waals surface area contributed by atoms with Crippen molar-refractivity contribution in [3.05, 3.63) is 57.9 Å². The number of hydrogen-bond acceptors (Lipinski definition) is 3. The van der Waals surface area contributed by atoms with Crippen LogP contribution in [0.15, 0.2) is 39.7 Å². The Morgan fingerprint density at radius 2 is 2.00 bits per heavy atom. The van der Waals surface area contributed by atoms with Gasteiger partial charge in [0.25, 0.3) is 0 Å². The van der Waals surface area contributed by atoms with E-state index < -0.39 is 0 Å². The lowest BCUT2D eigenvalue weighted by Crippen LogP contribution is -2.17. The van der Waals surface area contributed by atoms with Crippen LogP contribution in [0.25, 0.3) is 11.0 Å². The molecule has 0 saturated heterocycles. The van der Waals surface area contributed by atoms with E-state index >= 15 is 0 Å². The molecule has 3 aromatic rings. The summed E-state index contributed by atoms with van der Waals surface area (Å²) < 4.78 is 5.36. The highest BCUT2D eigenvalue weighted by molar-refractivity contribution is 5.75. The predicted molar refractivity (Wildman–Crippen MR) is 73.3 cm³/mol. The van der Waals surface area contributed by atoms with Gasteiger partial charge in [-0.1, -0.05) is 6.07 Å². The first-order valence-electron chi connectivity index (χ1n) is 6.12. The first kappa shape index (κ1) is 11.8. The molecular weight excluding hydrogens is 242 g/mol.